The van der Waals surface area contributed by atoms with Gasteiger partial charge in [0.2, 0.25) is 0 Å². The van der Waals surface area contributed by atoms with Crippen LogP contribution in [0.4, 0.5) is 0 Å². The van der Waals surface area contributed by atoms with Crippen molar-refractivity contribution >= 4 is 0 Å². The van der Waals surface area contributed by atoms with Gasteiger partial charge in [-0.25, -0.2) is 0 Å². The van der Waals surface area contributed by atoms with Crippen molar-refractivity contribution in [3.63, 3.8) is 0 Å². The second-order valence-corrected chi connectivity index (χ2v) is 16.9. The van der Waals surface area contributed by atoms with Crippen LogP contribution in [0, 0.1) is 0 Å². The molecule has 0 rings (SSSR count). The van der Waals surface area contributed by atoms with Gasteiger partial charge in [0.05, 0.1) is 0 Å². The molecule has 0 radical (unpaired) electrons. The summed E-state index contributed by atoms with van der Waals surface area (Å²) in [5.41, 5.74) is 0. The Balaban J connectivity index is -0.0000000288. The first-order valence-corrected chi connectivity index (χ1v) is 31.9. The molecule has 84 heavy (non-hydrogen) atoms. The Kier molecular flexibility index (Phi) is 408. The Morgan fingerprint density at radius 1 is 0.107 bits per heavy atom. The van der Waals surface area contributed by atoms with E-state index in [-0.39, 0.29) is 211 Å². The molecule has 0 spiro atoms. The molecule has 0 aliphatic heterocycles. The first-order chi connectivity index (χ1) is 38.6. The predicted molar refractivity (Wildman–Crippen MR) is 316 cm³/mol. The molecule has 0 aliphatic rings. The second kappa shape index (κ2) is 239. The van der Waals surface area contributed by atoms with E-state index in [4.69, 9.17) is 0 Å². The topological polar surface area (TPSA) is 369 Å². The average molecular weight is 1530 g/mol. The van der Waals surface area contributed by atoms with E-state index in [9.17, 15) is 81.7 Å². The molecular formula is C64H144O16Zr4. The van der Waals surface area contributed by atoms with E-state index in [1.165, 1.54) is 0 Å². The van der Waals surface area contributed by atoms with Gasteiger partial charge < -0.3 is 81.7 Å². The van der Waals surface area contributed by atoms with Crippen molar-refractivity contribution in [2.24, 2.45) is 0 Å². The molecule has 0 aliphatic carbocycles. The normalized spacial score (nSPS) is 8.00. The van der Waals surface area contributed by atoms with Crippen LogP contribution in [0.5, 0.6) is 0 Å². The second-order valence-electron chi connectivity index (χ2n) is 16.9. The minimum absolute atomic E-state index is 0. The molecule has 0 N–H and O–H groups in total. The zero-order valence-corrected chi connectivity index (χ0v) is 68.3. The molecule has 20 heteroatoms. The van der Waals surface area contributed by atoms with E-state index < -0.39 is 0 Å². The first-order valence-electron chi connectivity index (χ1n) is 31.9. The summed E-state index contributed by atoms with van der Waals surface area (Å²) in [7, 11) is 0. The van der Waals surface area contributed by atoms with Gasteiger partial charge in [0.1, 0.15) is 0 Å². The number of hydrogen-bond donors (Lipinski definition) is 0. The summed E-state index contributed by atoms with van der Waals surface area (Å²) >= 11 is 0. The van der Waals surface area contributed by atoms with E-state index in [0.717, 1.165) is 205 Å². The molecule has 0 saturated heterocycles. The zero-order chi connectivity index (χ0) is 65.9. The predicted octanol–water partition coefficient (Wildman–Crippen LogP) is 2.34. The van der Waals surface area contributed by atoms with Crippen LogP contribution >= 0.6 is 0 Å². The number of rotatable bonds is 32. The largest absolute Gasteiger partial charge is 4.00 e. The number of hydrogen-bond acceptors (Lipinski definition) is 16. The Labute approximate surface area is 603 Å². The fourth-order valence-corrected chi connectivity index (χ4v) is 2.31. The fourth-order valence-electron chi connectivity index (χ4n) is 2.31. The van der Waals surface area contributed by atoms with Gasteiger partial charge >= 0.3 is 105 Å². The molecule has 0 amide bonds. The van der Waals surface area contributed by atoms with Gasteiger partial charge in [-0.1, -0.05) is 316 Å². The maximum atomic E-state index is 9.53. The quantitative estimate of drug-likeness (QED) is 0.0933. The van der Waals surface area contributed by atoms with Crippen molar-refractivity contribution < 1.29 is 187 Å². The van der Waals surface area contributed by atoms with E-state index in [2.05, 4.69) is 0 Å². The summed E-state index contributed by atoms with van der Waals surface area (Å²) < 4.78 is 0. The summed E-state index contributed by atoms with van der Waals surface area (Å²) in [4.78, 5) is 0. The van der Waals surface area contributed by atoms with Crippen LogP contribution in [0.1, 0.15) is 316 Å². The van der Waals surface area contributed by atoms with Gasteiger partial charge in [0.25, 0.3) is 0 Å². The molecular weight excluding hydrogens is 1390 g/mol. The number of unbranched alkanes of at least 4 members (excludes halogenated alkanes) is 16. The minimum atomic E-state index is 0. The maximum absolute atomic E-state index is 9.53. The van der Waals surface area contributed by atoms with Crippen molar-refractivity contribution in [2.75, 3.05) is 106 Å². The van der Waals surface area contributed by atoms with Crippen LogP contribution < -0.4 is 81.7 Å². The van der Waals surface area contributed by atoms with E-state index in [1.54, 1.807) is 0 Å². The zero-order valence-electron chi connectivity index (χ0n) is 58.5. The van der Waals surface area contributed by atoms with Gasteiger partial charge in [-0.2, -0.15) is 0 Å². The van der Waals surface area contributed by atoms with Gasteiger partial charge in [-0.05, 0) is 0 Å². The molecule has 0 saturated carbocycles. The minimum Gasteiger partial charge on any atom is -0.854 e. The van der Waals surface area contributed by atoms with Crippen LogP contribution in [0.25, 0.3) is 0 Å². The van der Waals surface area contributed by atoms with Gasteiger partial charge in [-0.15, -0.1) is 106 Å². The van der Waals surface area contributed by atoms with E-state index >= 15 is 0 Å². The van der Waals surface area contributed by atoms with Crippen molar-refractivity contribution in [3.05, 3.63) is 0 Å². The molecule has 16 nitrogen and oxygen atoms in total. The molecule has 512 valence electrons. The van der Waals surface area contributed by atoms with Gasteiger partial charge in [0, 0.05) is 0 Å². The summed E-state index contributed by atoms with van der Waals surface area (Å²) in [6.07, 6.45) is 29.8. The standard InChI is InChI=1S/16C4H9O.4Zr/c16*1-2-3-4-5;;;;/h16*2-4H2,1H3;;;;/q16*-1;4*+4. The average Bonchev–Trinajstić information content (AvgIpc) is 3.45. The first kappa shape index (κ1) is 143. The maximum Gasteiger partial charge on any atom is 4.00 e. The van der Waals surface area contributed by atoms with Gasteiger partial charge in [0.15, 0.2) is 0 Å². The van der Waals surface area contributed by atoms with Crippen LogP contribution in [-0.4, -0.2) is 106 Å². The molecule has 0 bridgehead atoms. The molecule has 0 unspecified atom stereocenters. The van der Waals surface area contributed by atoms with Crippen molar-refractivity contribution in [2.45, 2.75) is 316 Å². The Bertz CT molecular complexity index is 393. The van der Waals surface area contributed by atoms with E-state index in [0.29, 0.717) is 0 Å². The molecule has 0 aromatic carbocycles. The van der Waals surface area contributed by atoms with Crippen LogP contribution in [0.3, 0.4) is 0 Å². The van der Waals surface area contributed by atoms with Crippen molar-refractivity contribution in [1.82, 2.24) is 0 Å². The summed E-state index contributed by atoms with van der Waals surface area (Å²) in [5.74, 6) is 0. The SMILES string of the molecule is CCCC[O-].CCCC[O-].CCCC[O-].CCCC[O-].CCCC[O-].CCCC[O-].CCCC[O-].CCCC[O-].CCCC[O-].CCCC[O-].CCCC[O-].CCCC[O-].CCCC[O-].CCCC[O-].CCCC[O-].CCCC[O-].[Zr+4].[Zr+4].[Zr+4].[Zr+4]. The Morgan fingerprint density at radius 2 is 0.143 bits per heavy atom. The molecule has 0 aromatic rings. The van der Waals surface area contributed by atoms with Crippen molar-refractivity contribution in [1.29, 1.82) is 0 Å². The van der Waals surface area contributed by atoms with Gasteiger partial charge in [-0.3, -0.25) is 0 Å². The molecule has 0 fully saturated rings. The molecule has 0 aromatic heterocycles. The summed E-state index contributed by atoms with van der Waals surface area (Å²) in [5, 5.41) is 152. The monoisotopic (exact) mass is 1530 g/mol. The molecule has 0 heterocycles. The fraction of sp³-hybridized carbons (Fsp3) is 1.00. The van der Waals surface area contributed by atoms with Crippen LogP contribution in [0.15, 0.2) is 0 Å². The third kappa shape index (κ3) is 491. The Morgan fingerprint density at radius 3 is 0.143 bits per heavy atom. The van der Waals surface area contributed by atoms with E-state index in [1.807, 2.05) is 111 Å². The third-order valence-electron chi connectivity index (χ3n) is 7.97. The Hall–Kier alpha value is 2.89. The van der Waals surface area contributed by atoms with Crippen LogP contribution in [0.2, 0.25) is 0 Å². The molecule has 0 atom stereocenters. The summed E-state index contributed by atoms with van der Waals surface area (Å²) in [6.45, 7) is 33.7. The van der Waals surface area contributed by atoms with Crippen molar-refractivity contribution in [3.8, 4) is 0 Å². The van der Waals surface area contributed by atoms with Crippen LogP contribution in [-0.2, 0) is 105 Å². The summed E-state index contributed by atoms with van der Waals surface area (Å²) in [6, 6.07) is 0. The third-order valence-corrected chi connectivity index (χ3v) is 7.97. The smallest absolute Gasteiger partial charge is 0.854 e.